The van der Waals surface area contributed by atoms with Crippen LogP contribution >= 0.6 is 0 Å². The molecule has 0 aromatic carbocycles. The molecule has 5 heteroatoms. The lowest BCUT2D eigenvalue weighted by molar-refractivity contribution is -0.150. The summed E-state index contributed by atoms with van der Waals surface area (Å²) in [7, 11) is 1.67. The maximum absolute atomic E-state index is 11.7. The summed E-state index contributed by atoms with van der Waals surface area (Å²) in [6.45, 7) is 9.05. The summed E-state index contributed by atoms with van der Waals surface area (Å²) in [5.74, 6) is -0.933. The van der Waals surface area contributed by atoms with Crippen LogP contribution in [0.25, 0.3) is 0 Å². The van der Waals surface area contributed by atoms with Gasteiger partial charge in [0.15, 0.2) is 0 Å². The first-order valence-corrected chi connectivity index (χ1v) is 5.33. The molecule has 0 spiro atoms. The molecule has 94 valence electrons. The molecule has 0 aliphatic carbocycles. The van der Waals surface area contributed by atoms with Crippen LogP contribution in [0.2, 0.25) is 0 Å². The van der Waals surface area contributed by atoms with Gasteiger partial charge in [0, 0.05) is 13.6 Å². The SMILES string of the molecule is CCN(C)C(=O)NC(C)(C)C(C)(C)C(=O)O. The molecule has 0 saturated heterocycles. The lowest BCUT2D eigenvalue weighted by atomic mass is 9.74. The van der Waals surface area contributed by atoms with Crippen LogP contribution in [-0.4, -0.2) is 41.1 Å². The number of amides is 2. The Balaban J connectivity index is 4.82. The molecule has 0 unspecified atom stereocenters. The molecule has 0 aromatic rings. The molecule has 0 bridgehead atoms. The van der Waals surface area contributed by atoms with E-state index in [2.05, 4.69) is 5.32 Å². The Labute approximate surface area is 96.8 Å². The highest BCUT2D eigenvalue weighted by Crippen LogP contribution is 2.30. The molecule has 5 nitrogen and oxygen atoms in total. The standard InChI is InChI=1S/C11H22N2O3/c1-7-13(6)9(16)12-11(4,5)10(2,3)8(14)15/h7H2,1-6H3,(H,12,16)(H,14,15). The molecule has 0 atom stereocenters. The van der Waals surface area contributed by atoms with Crippen molar-refractivity contribution in [3.8, 4) is 0 Å². The van der Waals surface area contributed by atoms with Crippen molar-refractivity contribution in [2.75, 3.05) is 13.6 Å². The smallest absolute Gasteiger partial charge is 0.317 e. The predicted molar refractivity (Wildman–Crippen MR) is 62.3 cm³/mol. The van der Waals surface area contributed by atoms with Crippen molar-refractivity contribution in [3.63, 3.8) is 0 Å². The number of aliphatic carboxylic acids is 1. The highest BCUT2D eigenvalue weighted by atomic mass is 16.4. The van der Waals surface area contributed by atoms with Crippen molar-refractivity contribution in [1.29, 1.82) is 0 Å². The van der Waals surface area contributed by atoms with Crippen LogP contribution in [-0.2, 0) is 4.79 Å². The quantitative estimate of drug-likeness (QED) is 0.769. The van der Waals surface area contributed by atoms with Gasteiger partial charge in [0.1, 0.15) is 0 Å². The fourth-order valence-corrected chi connectivity index (χ4v) is 0.930. The highest BCUT2D eigenvalue weighted by molar-refractivity contribution is 5.79. The van der Waals surface area contributed by atoms with E-state index in [9.17, 15) is 9.59 Å². The normalized spacial score (nSPS) is 12.1. The summed E-state index contributed by atoms with van der Waals surface area (Å²) < 4.78 is 0. The first kappa shape index (κ1) is 14.7. The number of hydrogen-bond donors (Lipinski definition) is 2. The number of carboxylic acid groups (broad SMARTS) is 1. The van der Waals surface area contributed by atoms with E-state index in [4.69, 9.17) is 5.11 Å². The minimum absolute atomic E-state index is 0.262. The van der Waals surface area contributed by atoms with Gasteiger partial charge in [0.2, 0.25) is 0 Å². The van der Waals surface area contributed by atoms with E-state index < -0.39 is 16.9 Å². The van der Waals surface area contributed by atoms with Gasteiger partial charge in [0.25, 0.3) is 0 Å². The van der Waals surface area contributed by atoms with Crippen molar-refractivity contribution in [1.82, 2.24) is 10.2 Å². The topological polar surface area (TPSA) is 69.6 Å². The molecule has 16 heavy (non-hydrogen) atoms. The molecule has 0 aliphatic heterocycles. The van der Waals surface area contributed by atoms with Crippen molar-refractivity contribution < 1.29 is 14.7 Å². The van der Waals surface area contributed by atoms with Crippen LogP contribution < -0.4 is 5.32 Å². The second-order valence-corrected chi connectivity index (χ2v) is 5.00. The van der Waals surface area contributed by atoms with Crippen molar-refractivity contribution in [2.24, 2.45) is 5.41 Å². The molecule has 0 fully saturated rings. The zero-order valence-corrected chi connectivity index (χ0v) is 10.9. The third-order valence-corrected chi connectivity index (χ3v) is 3.34. The van der Waals surface area contributed by atoms with Gasteiger partial charge in [-0.2, -0.15) is 0 Å². The van der Waals surface area contributed by atoms with Gasteiger partial charge >= 0.3 is 12.0 Å². The van der Waals surface area contributed by atoms with Gasteiger partial charge < -0.3 is 15.3 Å². The first-order valence-electron chi connectivity index (χ1n) is 5.33. The number of rotatable bonds is 4. The molecular weight excluding hydrogens is 208 g/mol. The van der Waals surface area contributed by atoms with E-state index >= 15 is 0 Å². The van der Waals surface area contributed by atoms with E-state index in [1.54, 1.807) is 34.7 Å². The van der Waals surface area contributed by atoms with Crippen LogP contribution in [0.5, 0.6) is 0 Å². The summed E-state index contributed by atoms with van der Waals surface area (Å²) in [4.78, 5) is 24.3. The summed E-state index contributed by atoms with van der Waals surface area (Å²) >= 11 is 0. The largest absolute Gasteiger partial charge is 0.481 e. The average Bonchev–Trinajstić information content (AvgIpc) is 2.15. The van der Waals surface area contributed by atoms with Crippen molar-refractivity contribution >= 4 is 12.0 Å². The molecular formula is C11H22N2O3. The number of hydrogen-bond acceptors (Lipinski definition) is 2. The first-order chi connectivity index (χ1) is 7.06. The third kappa shape index (κ3) is 2.87. The highest BCUT2D eigenvalue weighted by Gasteiger charge is 2.44. The molecule has 2 amide bonds. The van der Waals surface area contributed by atoms with Gasteiger partial charge in [-0.1, -0.05) is 0 Å². The molecule has 0 aliphatic rings. The molecule has 2 N–H and O–H groups in total. The second-order valence-electron chi connectivity index (χ2n) is 5.00. The summed E-state index contributed by atoms with van der Waals surface area (Å²) in [5, 5.41) is 11.9. The fourth-order valence-electron chi connectivity index (χ4n) is 0.930. The van der Waals surface area contributed by atoms with Gasteiger partial charge in [-0.3, -0.25) is 4.79 Å². The van der Waals surface area contributed by atoms with Crippen LogP contribution in [0.3, 0.4) is 0 Å². The van der Waals surface area contributed by atoms with Gasteiger partial charge in [-0.05, 0) is 34.6 Å². The van der Waals surface area contributed by atoms with Gasteiger partial charge in [-0.25, -0.2) is 4.79 Å². The molecule has 0 heterocycles. The predicted octanol–water partition coefficient (Wildman–Crippen LogP) is 1.54. The number of urea groups is 1. The minimum atomic E-state index is -1.03. The Morgan fingerprint density at radius 3 is 2.00 bits per heavy atom. The minimum Gasteiger partial charge on any atom is -0.481 e. The van der Waals surface area contributed by atoms with E-state index in [1.165, 1.54) is 4.90 Å². The number of carbonyl (C=O) groups excluding carboxylic acids is 1. The average molecular weight is 230 g/mol. The molecule has 0 aromatic heterocycles. The number of nitrogens with zero attached hydrogens (tertiary/aromatic N) is 1. The molecule has 0 radical (unpaired) electrons. The molecule has 0 rings (SSSR count). The second kappa shape index (κ2) is 4.72. The lowest BCUT2D eigenvalue weighted by Crippen LogP contribution is -2.59. The fraction of sp³-hybridized carbons (Fsp3) is 0.818. The van der Waals surface area contributed by atoms with E-state index in [0.717, 1.165) is 0 Å². The Bertz CT molecular complexity index is 285. The number of carboxylic acids is 1. The van der Waals surface area contributed by atoms with Crippen LogP contribution in [0.4, 0.5) is 4.79 Å². The Morgan fingerprint density at radius 1 is 1.25 bits per heavy atom. The van der Waals surface area contributed by atoms with E-state index in [-0.39, 0.29) is 6.03 Å². The summed E-state index contributed by atoms with van der Waals surface area (Å²) in [5.41, 5.74) is -1.85. The lowest BCUT2D eigenvalue weighted by Gasteiger charge is -2.39. The third-order valence-electron chi connectivity index (χ3n) is 3.34. The van der Waals surface area contributed by atoms with Crippen LogP contribution in [0.1, 0.15) is 34.6 Å². The maximum Gasteiger partial charge on any atom is 0.317 e. The van der Waals surface area contributed by atoms with E-state index in [1.807, 2.05) is 6.92 Å². The van der Waals surface area contributed by atoms with E-state index in [0.29, 0.717) is 6.54 Å². The van der Waals surface area contributed by atoms with Gasteiger partial charge in [-0.15, -0.1) is 0 Å². The number of carbonyl (C=O) groups is 2. The van der Waals surface area contributed by atoms with Crippen LogP contribution in [0.15, 0.2) is 0 Å². The number of nitrogens with one attached hydrogen (secondary N) is 1. The van der Waals surface area contributed by atoms with Crippen molar-refractivity contribution in [2.45, 2.75) is 40.2 Å². The molecule has 0 saturated carbocycles. The maximum atomic E-state index is 11.7. The summed E-state index contributed by atoms with van der Waals surface area (Å²) in [6, 6.07) is -0.262. The Hall–Kier alpha value is -1.26. The van der Waals surface area contributed by atoms with Crippen molar-refractivity contribution in [3.05, 3.63) is 0 Å². The zero-order valence-electron chi connectivity index (χ0n) is 10.9. The summed E-state index contributed by atoms with van der Waals surface area (Å²) in [6.07, 6.45) is 0. The Morgan fingerprint density at radius 2 is 1.69 bits per heavy atom. The Kier molecular flexibility index (Phi) is 4.35. The van der Waals surface area contributed by atoms with Crippen LogP contribution in [0, 0.1) is 5.41 Å². The monoisotopic (exact) mass is 230 g/mol. The van der Waals surface area contributed by atoms with Gasteiger partial charge in [0.05, 0.1) is 11.0 Å². The zero-order chi connectivity index (χ0) is 13.1.